The van der Waals surface area contributed by atoms with Gasteiger partial charge in [-0.05, 0) is 30.2 Å². The maximum atomic E-state index is 6.11. The smallest absolute Gasteiger partial charge is 0.0614 e. The molecule has 0 fully saturated rings. The Kier molecular flexibility index (Phi) is 4.86. The minimum Gasteiger partial charge on any atom is -0.397 e. The molecule has 100 valence electrons. The zero-order valence-corrected chi connectivity index (χ0v) is 12.7. The van der Waals surface area contributed by atoms with E-state index < -0.39 is 0 Å². The molecule has 2 N–H and O–H groups in total. The van der Waals surface area contributed by atoms with Crippen molar-refractivity contribution in [2.75, 3.05) is 17.2 Å². The van der Waals surface area contributed by atoms with Crippen LogP contribution in [0.5, 0.6) is 0 Å². The number of halogens is 1. The van der Waals surface area contributed by atoms with Crippen LogP contribution in [0.4, 0.5) is 11.4 Å². The average Bonchev–Trinajstić information content (AvgIpc) is 2.42. The highest BCUT2D eigenvalue weighted by Gasteiger charge is 2.10. The summed E-state index contributed by atoms with van der Waals surface area (Å²) in [5.74, 6) is 0. The van der Waals surface area contributed by atoms with Crippen LogP contribution in [0.1, 0.15) is 18.9 Å². The van der Waals surface area contributed by atoms with Crippen molar-refractivity contribution in [3.63, 3.8) is 0 Å². The quantitative estimate of drug-likeness (QED) is 0.825. The summed E-state index contributed by atoms with van der Waals surface area (Å²) in [5, 5.41) is 0. The molecule has 0 bridgehead atoms. The van der Waals surface area contributed by atoms with E-state index in [0.29, 0.717) is 0 Å². The first kappa shape index (κ1) is 13.9. The summed E-state index contributed by atoms with van der Waals surface area (Å²) >= 11 is 3.52. The van der Waals surface area contributed by atoms with Crippen molar-refractivity contribution in [1.82, 2.24) is 0 Å². The van der Waals surface area contributed by atoms with Gasteiger partial charge in [0.2, 0.25) is 0 Å². The zero-order valence-electron chi connectivity index (χ0n) is 11.1. The number of nitrogens with two attached hydrogens (primary N) is 1. The molecule has 0 saturated heterocycles. The Labute approximate surface area is 123 Å². The van der Waals surface area contributed by atoms with E-state index in [1.165, 1.54) is 5.56 Å². The fourth-order valence-corrected chi connectivity index (χ4v) is 2.50. The topological polar surface area (TPSA) is 29.3 Å². The molecule has 2 aromatic rings. The van der Waals surface area contributed by atoms with Crippen molar-refractivity contribution in [3.8, 4) is 0 Å². The minimum atomic E-state index is 0.826. The van der Waals surface area contributed by atoms with Crippen LogP contribution < -0.4 is 10.6 Å². The molecule has 2 rings (SSSR count). The molecule has 3 heteroatoms. The molecule has 0 aliphatic rings. The number of hydrogen-bond donors (Lipinski definition) is 1. The Bertz CT molecular complexity index is 526. The molecule has 0 saturated carbocycles. The first-order valence-corrected chi connectivity index (χ1v) is 7.34. The molecule has 0 atom stereocenters. The molecule has 0 radical (unpaired) electrons. The predicted molar refractivity (Wildman–Crippen MR) is 86.3 cm³/mol. The maximum absolute atomic E-state index is 6.11. The molecule has 0 aliphatic heterocycles. The average molecular weight is 319 g/mol. The Morgan fingerprint density at radius 2 is 1.84 bits per heavy atom. The van der Waals surface area contributed by atoms with Crippen LogP contribution in [-0.2, 0) is 6.54 Å². The monoisotopic (exact) mass is 318 g/mol. The van der Waals surface area contributed by atoms with Crippen LogP contribution in [-0.4, -0.2) is 6.54 Å². The van der Waals surface area contributed by atoms with Gasteiger partial charge in [0.1, 0.15) is 0 Å². The minimum absolute atomic E-state index is 0.826. The zero-order chi connectivity index (χ0) is 13.7. The molecule has 19 heavy (non-hydrogen) atoms. The van der Waals surface area contributed by atoms with Crippen molar-refractivity contribution < 1.29 is 0 Å². The van der Waals surface area contributed by atoms with Crippen LogP contribution in [0.25, 0.3) is 0 Å². The number of nitrogens with zero attached hydrogens (tertiary/aromatic N) is 1. The van der Waals surface area contributed by atoms with E-state index in [-0.39, 0.29) is 0 Å². The first-order valence-electron chi connectivity index (χ1n) is 6.54. The standard InChI is InChI=1S/C16H19BrN2/c1-2-10-19(12-13-6-4-3-5-7-13)16-11-14(17)8-9-15(16)18/h3-9,11H,2,10,12,18H2,1H3. The fraction of sp³-hybridized carbons (Fsp3) is 0.250. The molecule has 0 amide bonds. The summed E-state index contributed by atoms with van der Waals surface area (Å²) < 4.78 is 1.06. The summed E-state index contributed by atoms with van der Waals surface area (Å²) in [6, 6.07) is 16.5. The predicted octanol–water partition coefficient (Wildman–Crippen LogP) is 4.45. The summed E-state index contributed by atoms with van der Waals surface area (Å²) in [5.41, 5.74) is 9.34. The summed E-state index contributed by atoms with van der Waals surface area (Å²) in [6.45, 7) is 4.07. The van der Waals surface area contributed by atoms with Gasteiger partial charge in [0.05, 0.1) is 11.4 Å². The number of rotatable bonds is 5. The summed E-state index contributed by atoms with van der Waals surface area (Å²) in [7, 11) is 0. The highest BCUT2D eigenvalue weighted by Crippen LogP contribution is 2.28. The van der Waals surface area contributed by atoms with Crippen LogP contribution in [0.3, 0.4) is 0 Å². The lowest BCUT2D eigenvalue weighted by Gasteiger charge is -2.26. The molecule has 2 aromatic carbocycles. The molecular formula is C16H19BrN2. The van der Waals surface area contributed by atoms with Gasteiger partial charge in [-0.3, -0.25) is 0 Å². The molecule has 0 aliphatic carbocycles. The van der Waals surface area contributed by atoms with Gasteiger partial charge in [0.15, 0.2) is 0 Å². The highest BCUT2D eigenvalue weighted by atomic mass is 79.9. The third-order valence-electron chi connectivity index (χ3n) is 3.04. The van der Waals surface area contributed by atoms with E-state index >= 15 is 0 Å². The SMILES string of the molecule is CCCN(Cc1ccccc1)c1cc(Br)ccc1N. The van der Waals surface area contributed by atoms with Gasteiger partial charge < -0.3 is 10.6 Å². The van der Waals surface area contributed by atoms with Crippen molar-refractivity contribution in [3.05, 3.63) is 58.6 Å². The number of hydrogen-bond acceptors (Lipinski definition) is 2. The second kappa shape index (κ2) is 6.62. The van der Waals surface area contributed by atoms with E-state index in [1.54, 1.807) is 0 Å². The molecule has 0 spiro atoms. The van der Waals surface area contributed by atoms with Crippen molar-refractivity contribution in [2.24, 2.45) is 0 Å². The Morgan fingerprint density at radius 1 is 1.11 bits per heavy atom. The van der Waals surface area contributed by atoms with E-state index in [0.717, 1.165) is 35.4 Å². The van der Waals surface area contributed by atoms with Gasteiger partial charge in [-0.2, -0.15) is 0 Å². The van der Waals surface area contributed by atoms with Gasteiger partial charge in [-0.15, -0.1) is 0 Å². The first-order chi connectivity index (χ1) is 9.20. The fourth-order valence-electron chi connectivity index (χ4n) is 2.15. The summed E-state index contributed by atoms with van der Waals surface area (Å²) in [6.07, 6.45) is 1.10. The van der Waals surface area contributed by atoms with Gasteiger partial charge in [0, 0.05) is 17.6 Å². The van der Waals surface area contributed by atoms with Gasteiger partial charge in [0.25, 0.3) is 0 Å². The van der Waals surface area contributed by atoms with E-state index in [4.69, 9.17) is 5.73 Å². The lowest BCUT2D eigenvalue weighted by atomic mass is 10.1. The van der Waals surface area contributed by atoms with E-state index in [2.05, 4.69) is 58.1 Å². The van der Waals surface area contributed by atoms with Crippen LogP contribution in [0.15, 0.2) is 53.0 Å². The van der Waals surface area contributed by atoms with Gasteiger partial charge in [-0.1, -0.05) is 53.2 Å². The van der Waals surface area contributed by atoms with Crippen LogP contribution in [0, 0.1) is 0 Å². The van der Waals surface area contributed by atoms with Crippen LogP contribution in [0.2, 0.25) is 0 Å². The van der Waals surface area contributed by atoms with Crippen molar-refractivity contribution >= 4 is 27.3 Å². The molecule has 0 heterocycles. The van der Waals surface area contributed by atoms with Crippen molar-refractivity contribution in [2.45, 2.75) is 19.9 Å². The highest BCUT2D eigenvalue weighted by molar-refractivity contribution is 9.10. The largest absolute Gasteiger partial charge is 0.397 e. The lowest BCUT2D eigenvalue weighted by Crippen LogP contribution is -2.24. The lowest BCUT2D eigenvalue weighted by molar-refractivity contribution is 0.768. The molecule has 0 aromatic heterocycles. The molecule has 2 nitrogen and oxygen atoms in total. The third kappa shape index (κ3) is 3.74. The van der Waals surface area contributed by atoms with E-state index in [1.807, 2.05) is 18.2 Å². The number of benzene rings is 2. The number of nitrogen functional groups attached to an aromatic ring is 1. The Morgan fingerprint density at radius 3 is 2.53 bits per heavy atom. The van der Waals surface area contributed by atoms with Gasteiger partial charge in [-0.25, -0.2) is 0 Å². The normalized spacial score (nSPS) is 10.4. The number of anilines is 2. The van der Waals surface area contributed by atoms with Gasteiger partial charge >= 0.3 is 0 Å². The van der Waals surface area contributed by atoms with Crippen molar-refractivity contribution in [1.29, 1.82) is 0 Å². The second-order valence-electron chi connectivity index (χ2n) is 4.61. The molecular weight excluding hydrogens is 300 g/mol. The Hall–Kier alpha value is -1.48. The molecule has 0 unspecified atom stereocenters. The van der Waals surface area contributed by atoms with E-state index in [9.17, 15) is 0 Å². The Balaban J connectivity index is 2.27. The van der Waals surface area contributed by atoms with Crippen LogP contribution >= 0.6 is 15.9 Å². The third-order valence-corrected chi connectivity index (χ3v) is 3.54. The summed E-state index contributed by atoms with van der Waals surface area (Å²) in [4.78, 5) is 2.33. The maximum Gasteiger partial charge on any atom is 0.0614 e. The second-order valence-corrected chi connectivity index (χ2v) is 5.53.